The Morgan fingerprint density at radius 3 is 2.50 bits per heavy atom. The number of carbonyl (C=O) groups is 1. The van der Waals surface area contributed by atoms with Crippen LogP contribution in [0.2, 0.25) is 0 Å². The maximum absolute atomic E-state index is 11.1. The van der Waals surface area contributed by atoms with E-state index in [1.807, 2.05) is 19.1 Å². The molecule has 0 aliphatic heterocycles. The number of guanidine groups is 1. The highest BCUT2D eigenvalue weighted by molar-refractivity contribution is 14.0. The van der Waals surface area contributed by atoms with Gasteiger partial charge in [-0.1, -0.05) is 26.0 Å². The summed E-state index contributed by atoms with van der Waals surface area (Å²) in [5.41, 5.74) is 7.89. The van der Waals surface area contributed by atoms with E-state index >= 15 is 0 Å². The molecule has 6 nitrogen and oxygen atoms in total. The first-order valence-corrected chi connectivity index (χ1v) is 9.22. The number of primary amides is 1. The zero-order valence-electron chi connectivity index (χ0n) is 15.3. The fourth-order valence-corrected chi connectivity index (χ4v) is 3.01. The van der Waals surface area contributed by atoms with Crippen LogP contribution in [0, 0.1) is 0 Å². The van der Waals surface area contributed by atoms with Gasteiger partial charge in [0.15, 0.2) is 5.96 Å². The SMILES string of the molecule is CCNC(=NCc1ccc(C(N)=O)cc1)NCc1nc(C(C)C)cs1.I. The maximum atomic E-state index is 11.1. The predicted molar refractivity (Wildman–Crippen MR) is 118 cm³/mol. The van der Waals surface area contributed by atoms with Gasteiger partial charge in [0.2, 0.25) is 5.91 Å². The number of thiazole rings is 1. The molecule has 0 aliphatic rings. The third-order valence-electron chi connectivity index (χ3n) is 3.57. The summed E-state index contributed by atoms with van der Waals surface area (Å²) in [6, 6.07) is 7.17. The van der Waals surface area contributed by atoms with Gasteiger partial charge in [-0.25, -0.2) is 9.98 Å². The molecule has 0 atom stereocenters. The van der Waals surface area contributed by atoms with E-state index in [4.69, 9.17) is 5.73 Å². The number of nitrogens with one attached hydrogen (secondary N) is 2. The number of aromatic nitrogens is 1. The number of amides is 1. The van der Waals surface area contributed by atoms with Crippen LogP contribution in [-0.4, -0.2) is 23.4 Å². The summed E-state index contributed by atoms with van der Waals surface area (Å²) in [6.07, 6.45) is 0. The molecule has 0 saturated heterocycles. The van der Waals surface area contributed by atoms with Crippen LogP contribution in [0.25, 0.3) is 0 Å². The molecule has 0 saturated carbocycles. The summed E-state index contributed by atoms with van der Waals surface area (Å²) in [5.74, 6) is 0.757. The molecule has 0 spiro atoms. The Bertz CT molecular complexity index is 727. The minimum atomic E-state index is -0.422. The van der Waals surface area contributed by atoms with Crippen molar-refractivity contribution in [3.05, 3.63) is 51.5 Å². The Morgan fingerprint density at radius 2 is 1.96 bits per heavy atom. The van der Waals surface area contributed by atoms with Crippen LogP contribution in [0.3, 0.4) is 0 Å². The van der Waals surface area contributed by atoms with Crippen LogP contribution < -0.4 is 16.4 Å². The van der Waals surface area contributed by atoms with E-state index in [0.29, 0.717) is 24.6 Å². The second-order valence-electron chi connectivity index (χ2n) is 5.93. The average molecular weight is 487 g/mol. The molecule has 26 heavy (non-hydrogen) atoms. The number of hydrogen-bond acceptors (Lipinski definition) is 4. The lowest BCUT2D eigenvalue weighted by molar-refractivity contribution is 0.100. The first-order chi connectivity index (χ1) is 12.0. The largest absolute Gasteiger partial charge is 0.366 e. The number of hydrogen-bond donors (Lipinski definition) is 3. The number of nitrogens with two attached hydrogens (primary N) is 1. The third kappa shape index (κ3) is 6.91. The molecule has 0 aliphatic carbocycles. The van der Waals surface area contributed by atoms with E-state index in [1.165, 1.54) is 0 Å². The molecule has 0 bridgehead atoms. The molecule has 2 aromatic rings. The van der Waals surface area contributed by atoms with Crippen LogP contribution >= 0.6 is 35.3 Å². The molecule has 142 valence electrons. The standard InChI is InChI=1S/C18H25N5OS.HI/c1-4-20-18(22-10-16-23-15(11-25-16)12(2)3)21-9-13-5-7-14(8-6-13)17(19)24;/h5-8,11-12H,4,9-10H2,1-3H3,(H2,19,24)(H2,20,21,22);1H. The van der Waals surface area contributed by atoms with Gasteiger partial charge in [-0.05, 0) is 30.5 Å². The van der Waals surface area contributed by atoms with E-state index in [1.54, 1.807) is 23.5 Å². The molecule has 8 heteroatoms. The third-order valence-corrected chi connectivity index (χ3v) is 4.44. The minimum Gasteiger partial charge on any atom is -0.366 e. The highest BCUT2D eigenvalue weighted by Gasteiger charge is 2.06. The first-order valence-electron chi connectivity index (χ1n) is 8.34. The van der Waals surface area contributed by atoms with Gasteiger partial charge >= 0.3 is 0 Å². The topological polar surface area (TPSA) is 92.4 Å². The van der Waals surface area contributed by atoms with Crippen molar-refractivity contribution >= 4 is 47.2 Å². The Hall–Kier alpha value is -1.68. The van der Waals surface area contributed by atoms with E-state index in [9.17, 15) is 4.79 Å². The Labute approximate surface area is 175 Å². The molecule has 1 aromatic heterocycles. The van der Waals surface area contributed by atoms with Gasteiger partial charge in [-0.2, -0.15) is 0 Å². The van der Waals surface area contributed by atoms with Crippen LogP contribution in [0.1, 0.15) is 53.3 Å². The van der Waals surface area contributed by atoms with Crippen molar-refractivity contribution in [1.82, 2.24) is 15.6 Å². The van der Waals surface area contributed by atoms with Crippen molar-refractivity contribution in [2.24, 2.45) is 10.7 Å². The molecule has 1 aromatic carbocycles. The highest BCUT2D eigenvalue weighted by Crippen LogP contribution is 2.17. The van der Waals surface area contributed by atoms with Gasteiger partial charge in [0, 0.05) is 17.5 Å². The normalized spacial score (nSPS) is 11.2. The summed E-state index contributed by atoms with van der Waals surface area (Å²) in [5, 5.41) is 9.67. The Morgan fingerprint density at radius 1 is 1.27 bits per heavy atom. The molecule has 2 rings (SSSR count). The monoisotopic (exact) mass is 487 g/mol. The molecule has 0 radical (unpaired) electrons. The fourth-order valence-electron chi connectivity index (χ4n) is 2.12. The van der Waals surface area contributed by atoms with Crippen LogP contribution in [0.15, 0.2) is 34.6 Å². The lowest BCUT2D eigenvalue weighted by Crippen LogP contribution is -2.36. The number of nitrogens with zero attached hydrogens (tertiary/aromatic N) is 2. The van der Waals surface area contributed by atoms with E-state index in [0.717, 1.165) is 28.8 Å². The van der Waals surface area contributed by atoms with Gasteiger partial charge in [0.05, 0.1) is 18.8 Å². The summed E-state index contributed by atoms with van der Waals surface area (Å²) in [7, 11) is 0. The number of aliphatic imine (C=N–C) groups is 1. The molecular formula is C18H26IN5OS. The molecule has 1 amide bonds. The molecule has 0 unspecified atom stereocenters. The van der Waals surface area contributed by atoms with Gasteiger partial charge in [-0.3, -0.25) is 4.79 Å². The quantitative estimate of drug-likeness (QED) is 0.318. The van der Waals surface area contributed by atoms with Gasteiger partial charge in [0.1, 0.15) is 5.01 Å². The Kier molecular flexibility index (Phi) is 9.57. The predicted octanol–water partition coefficient (Wildman–Crippen LogP) is 3.24. The fraction of sp³-hybridized carbons (Fsp3) is 0.389. The molecule has 4 N–H and O–H groups in total. The molecular weight excluding hydrogens is 461 g/mol. The highest BCUT2D eigenvalue weighted by atomic mass is 127. The molecule has 1 heterocycles. The van der Waals surface area contributed by atoms with E-state index in [-0.39, 0.29) is 24.0 Å². The summed E-state index contributed by atoms with van der Waals surface area (Å²) < 4.78 is 0. The van der Waals surface area contributed by atoms with Gasteiger partial charge < -0.3 is 16.4 Å². The van der Waals surface area contributed by atoms with Crippen molar-refractivity contribution in [3.8, 4) is 0 Å². The summed E-state index contributed by atoms with van der Waals surface area (Å²) in [6.45, 7) is 8.25. The second kappa shape index (κ2) is 11.1. The number of benzene rings is 1. The van der Waals surface area contributed by atoms with Gasteiger partial charge in [-0.15, -0.1) is 35.3 Å². The average Bonchev–Trinajstić information content (AvgIpc) is 3.07. The van der Waals surface area contributed by atoms with Crippen molar-refractivity contribution < 1.29 is 4.79 Å². The minimum absolute atomic E-state index is 0. The van der Waals surface area contributed by atoms with Crippen molar-refractivity contribution in [2.75, 3.05) is 6.54 Å². The maximum Gasteiger partial charge on any atom is 0.248 e. The summed E-state index contributed by atoms with van der Waals surface area (Å²) in [4.78, 5) is 20.3. The summed E-state index contributed by atoms with van der Waals surface area (Å²) >= 11 is 1.66. The number of carbonyl (C=O) groups excluding carboxylic acids is 1. The lowest BCUT2D eigenvalue weighted by Gasteiger charge is -2.10. The van der Waals surface area contributed by atoms with E-state index in [2.05, 4.69) is 39.8 Å². The zero-order valence-corrected chi connectivity index (χ0v) is 18.4. The van der Waals surface area contributed by atoms with Crippen molar-refractivity contribution in [3.63, 3.8) is 0 Å². The van der Waals surface area contributed by atoms with Crippen molar-refractivity contribution in [1.29, 1.82) is 0 Å². The second-order valence-corrected chi connectivity index (χ2v) is 6.87. The smallest absolute Gasteiger partial charge is 0.248 e. The number of rotatable bonds is 7. The van der Waals surface area contributed by atoms with Crippen LogP contribution in [0.5, 0.6) is 0 Å². The number of halogens is 1. The zero-order chi connectivity index (χ0) is 18.2. The lowest BCUT2D eigenvalue weighted by atomic mass is 10.1. The Balaban J connectivity index is 0.00000338. The van der Waals surface area contributed by atoms with E-state index < -0.39 is 5.91 Å². The van der Waals surface area contributed by atoms with Crippen LogP contribution in [-0.2, 0) is 13.1 Å². The molecule has 0 fully saturated rings. The van der Waals surface area contributed by atoms with Gasteiger partial charge in [0.25, 0.3) is 0 Å². The van der Waals surface area contributed by atoms with Crippen LogP contribution in [0.4, 0.5) is 0 Å². The van der Waals surface area contributed by atoms with Crippen molar-refractivity contribution in [2.45, 2.75) is 39.8 Å². The first kappa shape index (κ1) is 22.4.